The van der Waals surface area contributed by atoms with E-state index >= 15 is 0 Å². The molecule has 7 nitrogen and oxygen atoms in total. The van der Waals surface area contributed by atoms with Crippen LogP contribution < -0.4 is 5.32 Å². The molecule has 0 aromatic carbocycles. The van der Waals surface area contributed by atoms with Crippen molar-refractivity contribution in [3.63, 3.8) is 0 Å². The van der Waals surface area contributed by atoms with Gasteiger partial charge in [0, 0.05) is 19.5 Å². The predicted octanol–water partition coefficient (Wildman–Crippen LogP) is 0.528. The van der Waals surface area contributed by atoms with Crippen molar-refractivity contribution >= 4 is 5.91 Å². The minimum atomic E-state index is -0.0481. The van der Waals surface area contributed by atoms with Gasteiger partial charge in [-0.05, 0) is 13.8 Å². The molecule has 1 aromatic heterocycles. The second kappa shape index (κ2) is 8.60. The Hall–Kier alpha value is -1.47. The van der Waals surface area contributed by atoms with Crippen molar-refractivity contribution in [2.75, 3.05) is 26.4 Å². The van der Waals surface area contributed by atoms with Gasteiger partial charge in [-0.15, -0.1) is 5.10 Å². The third kappa shape index (κ3) is 6.88. The molecule has 0 radical (unpaired) electrons. The van der Waals surface area contributed by atoms with E-state index in [4.69, 9.17) is 9.47 Å². The average Bonchev–Trinajstić information content (AvgIpc) is 2.81. The Morgan fingerprint density at radius 1 is 1.37 bits per heavy atom. The molecule has 0 atom stereocenters. The van der Waals surface area contributed by atoms with Crippen molar-refractivity contribution in [3.8, 4) is 0 Å². The van der Waals surface area contributed by atoms with Gasteiger partial charge in [-0.25, -0.2) is 4.68 Å². The Bertz CT molecular complexity index is 379. The Morgan fingerprint density at radius 3 is 2.74 bits per heavy atom. The minimum Gasteiger partial charge on any atom is -0.377 e. The summed E-state index contributed by atoms with van der Waals surface area (Å²) in [6.45, 7) is 8.01. The van der Waals surface area contributed by atoms with Crippen LogP contribution in [-0.2, 0) is 20.9 Å². The van der Waals surface area contributed by atoms with E-state index in [0.717, 1.165) is 5.69 Å². The van der Waals surface area contributed by atoms with Crippen LogP contribution in [0.1, 0.15) is 32.5 Å². The van der Waals surface area contributed by atoms with Gasteiger partial charge in [0.1, 0.15) is 5.69 Å². The Morgan fingerprint density at radius 2 is 2.11 bits per heavy atom. The maximum Gasteiger partial charge on any atom is 0.216 e. The molecule has 0 aliphatic heterocycles. The average molecular weight is 270 g/mol. The van der Waals surface area contributed by atoms with Crippen molar-refractivity contribution in [2.24, 2.45) is 0 Å². The highest BCUT2D eigenvalue weighted by molar-refractivity contribution is 5.72. The Labute approximate surface area is 113 Å². The molecule has 0 saturated carbocycles. The van der Waals surface area contributed by atoms with E-state index in [9.17, 15) is 4.79 Å². The van der Waals surface area contributed by atoms with Crippen LogP contribution in [0.3, 0.4) is 0 Å². The van der Waals surface area contributed by atoms with E-state index in [-0.39, 0.29) is 5.91 Å². The molecule has 19 heavy (non-hydrogen) atoms. The quantitative estimate of drug-likeness (QED) is 0.662. The zero-order valence-corrected chi connectivity index (χ0v) is 11.8. The Kier molecular flexibility index (Phi) is 7.06. The summed E-state index contributed by atoms with van der Waals surface area (Å²) in [5, 5.41) is 10.6. The van der Waals surface area contributed by atoms with Gasteiger partial charge >= 0.3 is 0 Å². The van der Waals surface area contributed by atoms with Crippen LogP contribution in [0.25, 0.3) is 0 Å². The molecule has 0 fully saturated rings. The second-order valence-corrected chi connectivity index (χ2v) is 4.43. The van der Waals surface area contributed by atoms with Gasteiger partial charge in [-0.1, -0.05) is 5.21 Å². The van der Waals surface area contributed by atoms with Crippen molar-refractivity contribution in [2.45, 2.75) is 33.4 Å². The third-order valence-electron chi connectivity index (χ3n) is 2.33. The molecule has 1 heterocycles. The maximum atomic E-state index is 10.6. The molecule has 0 bridgehead atoms. The summed E-state index contributed by atoms with van der Waals surface area (Å²) < 4.78 is 12.5. The van der Waals surface area contributed by atoms with Gasteiger partial charge < -0.3 is 14.8 Å². The highest BCUT2D eigenvalue weighted by Gasteiger charge is 2.03. The van der Waals surface area contributed by atoms with E-state index in [2.05, 4.69) is 15.6 Å². The molecule has 0 unspecified atom stereocenters. The van der Waals surface area contributed by atoms with Crippen LogP contribution >= 0.6 is 0 Å². The van der Waals surface area contributed by atoms with Gasteiger partial charge in [-0.3, -0.25) is 4.79 Å². The first-order valence-electron chi connectivity index (χ1n) is 6.40. The predicted molar refractivity (Wildman–Crippen MR) is 69.6 cm³/mol. The fraction of sp³-hybridized carbons (Fsp3) is 0.750. The molecule has 108 valence electrons. The molecule has 1 aromatic rings. The number of aromatic nitrogens is 3. The zero-order valence-electron chi connectivity index (χ0n) is 11.8. The van der Waals surface area contributed by atoms with Crippen LogP contribution in [0.2, 0.25) is 0 Å². The number of nitrogens with zero attached hydrogens (tertiary/aromatic N) is 3. The zero-order chi connectivity index (χ0) is 14.1. The molecular weight excluding hydrogens is 248 g/mol. The van der Waals surface area contributed by atoms with Crippen molar-refractivity contribution in [3.05, 3.63) is 11.9 Å². The summed E-state index contributed by atoms with van der Waals surface area (Å²) in [4.78, 5) is 10.6. The lowest BCUT2D eigenvalue weighted by Gasteiger charge is -2.05. The van der Waals surface area contributed by atoms with Gasteiger partial charge in [0.2, 0.25) is 5.91 Å². The van der Waals surface area contributed by atoms with Crippen molar-refractivity contribution in [1.82, 2.24) is 20.3 Å². The first-order valence-corrected chi connectivity index (χ1v) is 6.40. The molecule has 0 saturated heterocycles. The largest absolute Gasteiger partial charge is 0.377 e. The van der Waals surface area contributed by atoms with E-state index in [1.54, 1.807) is 4.68 Å². The number of hydrogen-bond acceptors (Lipinski definition) is 5. The monoisotopic (exact) mass is 270 g/mol. The molecular formula is C12H22N4O3. The highest BCUT2D eigenvalue weighted by atomic mass is 16.5. The number of rotatable bonds is 9. The van der Waals surface area contributed by atoms with Crippen LogP contribution in [-0.4, -0.2) is 47.3 Å². The summed E-state index contributed by atoms with van der Waals surface area (Å²) in [7, 11) is 0. The number of carbonyl (C=O) groups is 1. The summed E-state index contributed by atoms with van der Waals surface area (Å²) in [5.41, 5.74) is 0.812. The molecule has 1 N–H and O–H groups in total. The molecule has 7 heteroatoms. The summed E-state index contributed by atoms with van der Waals surface area (Å²) in [5.74, 6) is -0.0481. The fourth-order valence-electron chi connectivity index (χ4n) is 1.33. The topological polar surface area (TPSA) is 78.3 Å². The lowest BCUT2D eigenvalue weighted by Crippen LogP contribution is -2.24. The van der Waals surface area contributed by atoms with Crippen LogP contribution in [0.5, 0.6) is 0 Å². The lowest BCUT2D eigenvalue weighted by molar-refractivity contribution is -0.119. The van der Waals surface area contributed by atoms with Crippen LogP contribution in [0, 0.1) is 0 Å². The Balaban J connectivity index is 1.99. The lowest BCUT2D eigenvalue weighted by atomic mass is 10.4. The number of hydrogen-bond donors (Lipinski definition) is 1. The van der Waals surface area contributed by atoms with Gasteiger partial charge in [0.15, 0.2) is 0 Å². The highest BCUT2D eigenvalue weighted by Crippen LogP contribution is 2.03. The fourth-order valence-corrected chi connectivity index (χ4v) is 1.33. The number of carbonyl (C=O) groups excluding carboxylic acids is 1. The summed E-state index contributed by atoms with van der Waals surface area (Å²) in [6, 6.07) is 0.304. The van der Waals surface area contributed by atoms with Crippen molar-refractivity contribution in [1.29, 1.82) is 0 Å². The van der Waals surface area contributed by atoms with E-state index < -0.39 is 0 Å². The first-order chi connectivity index (χ1) is 9.09. The number of ether oxygens (including phenoxy) is 2. The molecule has 0 spiro atoms. The molecule has 0 aliphatic carbocycles. The van der Waals surface area contributed by atoms with Gasteiger partial charge in [0.05, 0.1) is 32.6 Å². The SMILES string of the molecule is CC(=O)NCCOCCOCc1cn(C(C)C)nn1. The number of nitrogens with one attached hydrogen (secondary N) is 1. The van der Waals surface area contributed by atoms with Crippen LogP contribution in [0.4, 0.5) is 0 Å². The molecule has 0 aliphatic rings. The second-order valence-electron chi connectivity index (χ2n) is 4.43. The first kappa shape index (κ1) is 15.6. The van der Waals surface area contributed by atoms with E-state index in [1.807, 2.05) is 20.0 Å². The smallest absolute Gasteiger partial charge is 0.216 e. The van der Waals surface area contributed by atoms with Crippen LogP contribution in [0.15, 0.2) is 6.20 Å². The summed E-state index contributed by atoms with van der Waals surface area (Å²) >= 11 is 0. The normalized spacial score (nSPS) is 10.9. The summed E-state index contributed by atoms with van der Waals surface area (Å²) in [6.07, 6.45) is 1.88. The van der Waals surface area contributed by atoms with Gasteiger partial charge in [-0.2, -0.15) is 0 Å². The van der Waals surface area contributed by atoms with Crippen molar-refractivity contribution < 1.29 is 14.3 Å². The van der Waals surface area contributed by atoms with Gasteiger partial charge in [0.25, 0.3) is 0 Å². The standard InChI is InChI=1S/C12H22N4O3/c1-10(2)16-8-12(14-15-16)9-19-7-6-18-5-4-13-11(3)17/h8,10H,4-7,9H2,1-3H3,(H,13,17). The van der Waals surface area contributed by atoms with E-state index in [1.165, 1.54) is 6.92 Å². The van der Waals surface area contributed by atoms with E-state index in [0.29, 0.717) is 39.0 Å². The minimum absolute atomic E-state index is 0.0481. The molecule has 1 rings (SSSR count). The maximum absolute atomic E-state index is 10.6. The molecule has 1 amide bonds. The number of amides is 1. The third-order valence-corrected chi connectivity index (χ3v) is 2.33.